The highest BCUT2D eigenvalue weighted by Crippen LogP contribution is 2.15. The van der Waals surface area contributed by atoms with Gasteiger partial charge in [0, 0.05) is 22.9 Å². The number of nitrogens with one attached hydrogen (secondary N) is 2. The lowest BCUT2D eigenvalue weighted by Crippen LogP contribution is -2.16. The number of anilines is 2. The van der Waals surface area contributed by atoms with Crippen molar-refractivity contribution in [3.63, 3.8) is 0 Å². The number of aromatic nitrogens is 2. The van der Waals surface area contributed by atoms with Crippen LogP contribution >= 0.6 is 11.6 Å². The molecule has 0 saturated heterocycles. The molecule has 1 aromatic carbocycles. The van der Waals surface area contributed by atoms with E-state index in [0.717, 1.165) is 18.7 Å². The predicted octanol–water partition coefficient (Wildman–Crippen LogP) is 4.15. The molecule has 2 aromatic rings. The van der Waals surface area contributed by atoms with E-state index in [-0.39, 0.29) is 5.91 Å². The average molecular weight is 333 g/mol. The van der Waals surface area contributed by atoms with Crippen molar-refractivity contribution in [1.82, 2.24) is 9.97 Å². The van der Waals surface area contributed by atoms with E-state index < -0.39 is 0 Å². The van der Waals surface area contributed by atoms with E-state index in [1.807, 2.05) is 6.92 Å². The molecule has 23 heavy (non-hydrogen) atoms. The molecule has 0 saturated carbocycles. The summed E-state index contributed by atoms with van der Waals surface area (Å²) in [5, 5.41) is 6.59. The molecule has 1 amide bonds. The molecule has 0 fully saturated rings. The molecule has 1 heterocycles. The maximum Gasteiger partial charge on any atom is 0.274 e. The topological polar surface area (TPSA) is 66.9 Å². The van der Waals surface area contributed by atoms with E-state index in [9.17, 15) is 4.79 Å². The van der Waals surface area contributed by atoms with Gasteiger partial charge in [0.15, 0.2) is 0 Å². The van der Waals surface area contributed by atoms with Crippen LogP contribution in [-0.4, -0.2) is 22.4 Å². The van der Waals surface area contributed by atoms with Crippen LogP contribution in [0.25, 0.3) is 0 Å². The molecule has 2 rings (SSSR count). The van der Waals surface area contributed by atoms with Gasteiger partial charge in [0.25, 0.3) is 5.91 Å². The molecule has 0 aliphatic heterocycles. The van der Waals surface area contributed by atoms with Crippen LogP contribution in [0.4, 0.5) is 11.6 Å². The lowest BCUT2D eigenvalue weighted by molar-refractivity contribution is 0.102. The number of carbonyl (C=O) groups excluding carboxylic acids is 1. The summed E-state index contributed by atoms with van der Waals surface area (Å²) in [6.45, 7) is 6.93. The molecule has 0 bridgehead atoms. The zero-order chi connectivity index (χ0) is 16.8. The number of rotatable bonds is 6. The third kappa shape index (κ3) is 5.53. The van der Waals surface area contributed by atoms with E-state index in [4.69, 9.17) is 11.6 Å². The maximum atomic E-state index is 12.3. The van der Waals surface area contributed by atoms with Gasteiger partial charge >= 0.3 is 0 Å². The minimum Gasteiger partial charge on any atom is -0.354 e. The number of nitrogens with zero attached hydrogens (tertiary/aromatic N) is 2. The normalized spacial score (nSPS) is 10.7. The first-order valence-corrected chi connectivity index (χ1v) is 7.98. The van der Waals surface area contributed by atoms with Crippen LogP contribution in [-0.2, 0) is 0 Å². The third-order valence-corrected chi connectivity index (χ3v) is 3.45. The van der Waals surface area contributed by atoms with Crippen LogP contribution in [0.3, 0.4) is 0 Å². The Morgan fingerprint density at radius 2 is 1.91 bits per heavy atom. The summed E-state index contributed by atoms with van der Waals surface area (Å²) in [4.78, 5) is 20.9. The van der Waals surface area contributed by atoms with Gasteiger partial charge in [-0.05, 0) is 49.6 Å². The summed E-state index contributed by atoms with van der Waals surface area (Å²) in [5.74, 6) is 0.802. The number of amides is 1. The monoisotopic (exact) mass is 332 g/mol. The fourth-order valence-electron chi connectivity index (χ4n) is 1.96. The smallest absolute Gasteiger partial charge is 0.274 e. The lowest BCUT2D eigenvalue weighted by atomic mass is 10.1. The van der Waals surface area contributed by atoms with Crippen molar-refractivity contribution in [2.45, 2.75) is 27.2 Å². The molecule has 0 spiro atoms. The molecule has 2 N–H and O–H groups in total. The second-order valence-electron chi connectivity index (χ2n) is 5.79. The fraction of sp³-hybridized carbons (Fsp3) is 0.353. The Hall–Kier alpha value is -2.14. The van der Waals surface area contributed by atoms with Crippen molar-refractivity contribution < 1.29 is 4.79 Å². The van der Waals surface area contributed by atoms with Gasteiger partial charge in [-0.15, -0.1) is 0 Å². The molecule has 0 unspecified atom stereocenters. The Labute approximate surface area is 141 Å². The molecular weight excluding hydrogens is 312 g/mol. The molecule has 0 aliphatic carbocycles. The van der Waals surface area contributed by atoms with Gasteiger partial charge in [0.05, 0.1) is 0 Å². The minimum absolute atomic E-state index is 0.273. The van der Waals surface area contributed by atoms with E-state index in [0.29, 0.717) is 28.3 Å². The molecule has 0 radical (unpaired) electrons. The first kappa shape index (κ1) is 17.2. The summed E-state index contributed by atoms with van der Waals surface area (Å²) in [6.07, 6.45) is 1.02. The van der Waals surface area contributed by atoms with Crippen molar-refractivity contribution in [3.8, 4) is 0 Å². The number of aryl methyl sites for hydroxylation is 1. The van der Waals surface area contributed by atoms with Gasteiger partial charge in [-0.25, -0.2) is 9.97 Å². The quantitative estimate of drug-likeness (QED) is 0.834. The highest BCUT2D eigenvalue weighted by molar-refractivity contribution is 6.30. The number of hydrogen-bond donors (Lipinski definition) is 2. The summed E-state index contributed by atoms with van der Waals surface area (Å²) in [7, 11) is 0. The van der Waals surface area contributed by atoms with Gasteiger partial charge in [0.1, 0.15) is 5.69 Å². The van der Waals surface area contributed by atoms with Gasteiger partial charge < -0.3 is 10.6 Å². The SMILES string of the molecule is Cc1cc(C(=O)Nc2ccc(Cl)cc2)nc(NCCC(C)C)n1. The predicted molar refractivity (Wildman–Crippen MR) is 94.1 cm³/mol. The van der Waals surface area contributed by atoms with Gasteiger partial charge in [0.2, 0.25) is 5.95 Å². The van der Waals surface area contributed by atoms with Crippen molar-refractivity contribution in [2.24, 2.45) is 5.92 Å². The molecule has 0 atom stereocenters. The summed E-state index contributed by atoms with van der Waals surface area (Å²) in [6, 6.07) is 8.60. The first-order valence-electron chi connectivity index (χ1n) is 7.60. The zero-order valence-electron chi connectivity index (χ0n) is 13.6. The fourth-order valence-corrected chi connectivity index (χ4v) is 2.09. The van der Waals surface area contributed by atoms with Crippen LogP contribution in [0, 0.1) is 12.8 Å². The highest BCUT2D eigenvalue weighted by atomic mass is 35.5. The first-order chi connectivity index (χ1) is 10.9. The van der Waals surface area contributed by atoms with E-state index in [1.54, 1.807) is 30.3 Å². The summed E-state index contributed by atoms with van der Waals surface area (Å²) < 4.78 is 0. The Morgan fingerprint density at radius 1 is 1.22 bits per heavy atom. The highest BCUT2D eigenvalue weighted by Gasteiger charge is 2.11. The molecule has 122 valence electrons. The third-order valence-electron chi connectivity index (χ3n) is 3.19. The van der Waals surface area contributed by atoms with E-state index in [1.165, 1.54) is 0 Å². The second-order valence-corrected chi connectivity index (χ2v) is 6.22. The van der Waals surface area contributed by atoms with Gasteiger partial charge in [-0.3, -0.25) is 4.79 Å². The van der Waals surface area contributed by atoms with Crippen LogP contribution in [0.2, 0.25) is 5.02 Å². The molecule has 1 aromatic heterocycles. The van der Waals surface area contributed by atoms with E-state index >= 15 is 0 Å². The number of benzene rings is 1. The molecule has 5 nitrogen and oxygen atoms in total. The minimum atomic E-state index is -0.273. The van der Waals surface area contributed by atoms with Crippen LogP contribution in [0.1, 0.15) is 36.5 Å². The van der Waals surface area contributed by atoms with Crippen molar-refractivity contribution >= 4 is 29.1 Å². The van der Waals surface area contributed by atoms with Crippen LogP contribution in [0.5, 0.6) is 0 Å². The molecule has 6 heteroatoms. The second kappa shape index (κ2) is 7.92. The van der Waals surface area contributed by atoms with Crippen molar-refractivity contribution in [3.05, 3.63) is 46.7 Å². The standard InChI is InChI=1S/C17H21ClN4O/c1-11(2)8-9-19-17-20-12(3)10-15(22-17)16(23)21-14-6-4-13(18)5-7-14/h4-7,10-11H,8-9H2,1-3H3,(H,21,23)(H,19,20,22). The van der Waals surface area contributed by atoms with Crippen LogP contribution in [0.15, 0.2) is 30.3 Å². The Morgan fingerprint density at radius 3 is 2.57 bits per heavy atom. The summed E-state index contributed by atoms with van der Waals surface area (Å²) >= 11 is 5.84. The van der Waals surface area contributed by atoms with E-state index in [2.05, 4.69) is 34.4 Å². The number of hydrogen-bond acceptors (Lipinski definition) is 4. The average Bonchev–Trinajstić information content (AvgIpc) is 2.48. The largest absolute Gasteiger partial charge is 0.354 e. The van der Waals surface area contributed by atoms with Crippen LogP contribution < -0.4 is 10.6 Å². The zero-order valence-corrected chi connectivity index (χ0v) is 14.3. The lowest BCUT2D eigenvalue weighted by Gasteiger charge is -2.10. The molecule has 0 aliphatic rings. The Kier molecular flexibility index (Phi) is 5.93. The Bertz CT molecular complexity index is 671. The van der Waals surface area contributed by atoms with Crippen molar-refractivity contribution in [2.75, 3.05) is 17.2 Å². The van der Waals surface area contributed by atoms with Crippen molar-refractivity contribution in [1.29, 1.82) is 0 Å². The summed E-state index contributed by atoms with van der Waals surface area (Å²) in [5.41, 5.74) is 1.75. The number of carbonyl (C=O) groups is 1. The van der Waals surface area contributed by atoms with Gasteiger partial charge in [-0.2, -0.15) is 0 Å². The van der Waals surface area contributed by atoms with Gasteiger partial charge in [-0.1, -0.05) is 25.4 Å². The Balaban J connectivity index is 2.07. The number of halogens is 1. The maximum absolute atomic E-state index is 12.3. The molecular formula is C17H21ClN4O.